The van der Waals surface area contributed by atoms with Crippen LogP contribution in [0.4, 0.5) is 0 Å². The minimum Gasteiger partial charge on any atom is -0.493 e. The molecule has 0 bridgehead atoms. The normalized spacial score (nSPS) is 21.0. The molecule has 1 saturated heterocycles. The number of aliphatic carboxylic acids is 1. The Hall–Kier alpha value is -1.79. The standard InChI is InChI=1S/C14H16ClNO5/c15-10-2-1-3-11(8-10)21-6-4-12(17)16-14(13(18)19)5-7-20-9-14/h1-3,8H,4-7,9H2,(H,16,17)(H,18,19). The van der Waals surface area contributed by atoms with Gasteiger partial charge in [0.2, 0.25) is 5.91 Å². The zero-order valence-electron chi connectivity index (χ0n) is 11.3. The van der Waals surface area contributed by atoms with Gasteiger partial charge in [-0.2, -0.15) is 0 Å². The monoisotopic (exact) mass is 313 g/mol. The summed E-state index contributed by atoms with van der Waals surface area (Å²) < 4.78 is 10.5. The molecule has 114 valence electrons. The van der Waals surface area contributed by atoms with Crippen molar-refractivity contribution in [3.8, 4) is 5.75 Å². The topological polar surface area (TPSA) is 84.9 Å². The van der Waals surface area contributed by atoms with Crippen molar-refractivity contribution in [1.29, 1.82) is 0 Å². The van der Waals surface area contributed by atoms with E-state index in [9.17, 15) is 14.7 Å². The first kappa shape index (κ1) is 15.6. The van der Waals surface area contributed by atoms with Gasteiger partial charge in [0.25, 0.3) is 0 Å². The molecular formula is C14H16ClNO5. The molecule has 6 nitrogen and oxygen atoms in total. The lowest BCUT2D eigenvalue weighted by molar-refractivity contribution is -0.147. The number of hydrogen-bond donors (Lipinski definition) is 2. The highest BCUT2D eigenvalue weighted by Gasteiger charge is 2.43. The van der Waals surface area contributed by atoms with E-state index < -0.39 is 11.5 Å². The molecule has 0 aromatic heterocycles. The Labute approximate surface area is 127 Å². The third kappa shape index (κ3) is 4.09. The van der Waals surface area contributed by atoms with E-state index in [1.54, 1.807) is 24.3 Å². The van der Waals surface area contributed by atoms with E-state index >= 15 is 0 Å². The lowest BCUT2D eigenvalue weighted by Crippen LogP contribution is -2.55. The average Bonchev–Trinajstić information content (AvgIpc) is 2.88. The minimum absolute atomic E-state index is 0.0107. The number of rotatable bonds is 6. The molecule has 0 spiro atoms. The number of nitrogens with one attached hydrogen (secondary N) is 1. The van der Waals surface area contributed by atoms with Gasteiger partial charge in [0.05, 0.1) is 19.6 Å². The van der Waals surface area contributed by atoms with Crippen LogP contribution >= 0.6 is 11.6 Å². The van der Waals surface area contributed by atoms with Crippen LogP contribution in [-0.4, -0.2) is 42.3 Å². The Bertz CT molecular complexity index is 528. The van der Waals surface area contributed by atoms with Crippen LogP contribution in [0.5, 0.6) is 5.75 Å². The van der Waals surface area contributed by atoms with Crippen LogP contribution < -0.4 is 10.1 Å². The fraction of sp³-hybridized carbons (Fsp3) is 0.429. The molecule has 2 N–H and O–H groups in total. The largest absolute Gasteiger partial charge is 0.493 e. The number of carboxylic acids is 1. The van der Waals surface area contributed by atoms with Gasteiger partial charge in [-0.1, -0.05) is 17.7 Å². The summed E-state index contributed by atoms with van der Waals surface area (Å²) in [7, 11) is 0. The smallest absolute Gasteiger partial charge is 0.331 e. The zero-order valence-corrected chi connectivity index (χ0v) is 12.1. The Morgan fingerprint density at radius 2 is 2.29 bits per heavy atom. The second-order valence-corrected chi connectivity index (χ2v) is 5.23. The number of amides is 1. The lowest BCUT2D eigenvalue weighted by Gasteiger charge is -2.23. The molecule has 1 heterocycles. The molecule has 21 heavy (non-hydrogen) atoms. The highest BCUT2D eigenvalue weighted by Crippen LogP contribution is 2.20. The lowest BCUT2D eigenvalue weighted by atomic mass is 9.99. The van der Waals surface area contributed by atoms with Gasteiger partial charge < -0.3 is 19.9 Å². The van der Waals surface area contributed by atoms with E-state index in [2.05, 4.69) is 5.32 Å². The molecule has 1 atom stereocenters. The first-order valence-corrected chi connectivity index (χ1v) is 6.90. The molecule has 1 aromatic carbocycles. The van der Waals surface area contributed by atoms with Crippen LogP contribution in [0.3, 0.4) is 0 Å². The third-order valence-electron chi connectivity index (χ3n) is 3.20. The van der Waals surface area contributed by atoms with E-state index in [-0.39, 0.29) is 32.0 Å². The molecule has 1 aromatic rings. The van der Waals surface area contributed by atoms with E-state index in [4.69, 9.17) is 21.1 Å². The highest BCUT2D eigenvalue weighted by molar-refractivity contribution is 6.30. The molecule has 1 aliphatic heterocycles. The Morgan fingerprint density at radius 3 is 2.90 bits per heavy atom. The maximum Gasteiger partial charge on any atom is 0.331 e. The molecular weight excluding hydrogens is 298 g/mol. The Balaban J connectivity index is 1.81. The molecule has 1 amide bonds. The number of halogens is 1. The first-order chi connectivity index (χ1) is 10.0. The molecule has 2 rings (SSSR count). The van der Waals surface area contributed by atoms with Crippen LogP contribution in [0.25, 0.3) is 0 Å². The Kier molecular flexibility index (Phi) is 5.03. The van der Waals surface area contributed by atoms with E-state index in [1.165, 1.54) is 0 Å². The summed E-state index contributed by atoms with van der Waals surface area (Å²) in [4.78, 5) is 23.1. The zero-order chi connectivity index (χ0) is 15.3. The highest BCUT2D eigenvalue weighted by atomic mass is 35.5. The quantitative estimate of drug-likeness (QED) is 0.830. The molecule has 0 radical (unpaired) electrons. The summed E-state index contributed by atoms with van der Waals surface area (Å²) in [5, 5.41) is 12.3. The van der Waals surface area contributed by atoms with Gasteiger partial charge in [0, 0.05) is 18.1 Å². The van der Waals surface area contributed by atoms with Crippen LogP contribution in [0, 0.1) is 0 Å². The molecule has 0 saturated carbocycles. The molecule has 7 heteroatoms. The van der Waals surface area contributed by atoms with Crippen molar-refractivity contribution in [3.63, 3.8) is 0 Å². The fourth-order valence-corrected chi connectivity index (χ4v) is 2.21. The van der Waals surface area contributed by atoms with Gasteiger partial charge in [-0.3, -0.25) is 4.79 Å². The minimum atomic E-state index is -1.31. The summed E-state index contributed by atoms with van der Waals surface area (Å²) in [6, 6.07) is 6.83. The predicted octanol–water partition coefficient (Wildman–Crippen LogP) is 1.47. The Morgan fingerprint density at radius 1 is 1.48 bits per heavy atom. The van der Waals surface area contributed by atoms with E-state index in [1.807, 2.05) is 0 Å². The molecule has 1 aliphatic rings. The van der Waals surface area contributed by atoms with Crippen LogP contribution in [0.1, 0.15) is 12.8 Å². The number of hydrogen-bond acceptors (Lipinski definition) is 4. The van der Waals surface area contributed by atoms with Crippen molar-refractivity contribution in [2.75, 3.05) is 19.8 Å². The fourth-order valence-electron chi connectivity index (χ4n) is 2.03. The number of ether oxygens (including phenoxy) is 2. The second-order valence-electron chi connectivity index (χ2n) is 4.79. The van der Waals surface area contributed by atoms with E-state index in [0.717, 1.165) is 0 Å². The van der Waals surface area contributed by atoms with Crippen molar-refractivity contribution >= 4 is 23.5 Å². The first-order valence-electron chi connectivity index (χ1n) is 6.52. The van der Waals surface area contributed by atoms with Crippen LogP contribution in [-0.2, 0) is 14.3 Å². The maximum atomic E-state index is 11.8. The van der Waals surface area contributed by atoms with Gasteiger partial charge in [-0.25, -0.2) is 4.79 Å². The number of carbonyl (C=O) groups excluding carboxylic acids is 1. The summed E-state index contributed by atoms with van der Waals surface area (Å²) in [5.74, 6) is -0.901. The average molecular weight is 314 g/mol. The SMILES string of the molecule is O=C(CCOc1cccc(Cl)c1)NC1(C(=O)O)CCOC1. The molecule has 1 unspecified atom stereocenters. The van der Waals surface area contributed by atoms with Crippen molar-refractivity contribution in [1.82, 2.24) is 5.32 Å². The van der Waals surface area contributed by atoms with Gasteiger partial charge >= 0.3 is 5.97 Å². The van der Waals surface area contributed by atoms with E-state index in [0.29, 0.717) is 17.4 Å². The summed E-state index contributed by atoms with van der Waals surface area (Å²) in [6.07, 6.45) is 0.324. The third-order valence-corrected chi connectivity index (χ3v) is 3.44. The summed E-state index contributed by atoms with van der Waals surface area (Å²) >= 11 is 5.81. The molecule has 0 aliphatic carbocycles. The van der Waals surface area contributed by atoms with Gasteiger partial charge in [0.15, 0.2) is 5.54 Å². The van der Waals surface area contributed by atoms with Crippen molar-refractivity contribution in [3.05, 3.63) is 29.3 Å². The van der Waals surface area contributed by atoms with Crippen LogP contribution in [0.15, 0.2) is 24.3 Å². The van der Waals surface area contributed by atoms with Crippen molar-refractivity contribution in [2.45, 2.75) is 18.4 Å². The van der Waals surface area contributed by atoms with Crippen LogP contribution in [0.2, 0.25) is 5.02 Å². The van der Waals surface area contributed by atoms with Gasteiger partial charge in [0.1, 0.15) is 5.75 Å². The van der Waals surface area contributed by atoms with Gasteiger partial charge in [-0.15, -0.1) is 0 Å². The predicted molar refractivity (Wildman–Crippen MR) is 75.5 cm³/mol. The number of carboxylic acid groups (broad SMARTS) is 1. The molecule has 1 fully saturated rings. The van der Waals surface area contributed by atoms with Crippen molar-refractivity contribution < 1.29 is 24.2 Å². The maximum absolute atomic E-state index is 11.8. The van der Waals surface area contributed by atoms with Gasteiger partial charge in [-0.05, 0) is 18.2 Å². The van der Waals surface area contributed by atoms with Crippen molar-refractivity contribution in [2.24, 2.45) is 0 Å². The summed E-state index contributed by atoms with van der Waals surface area (Å²) in [6.45, 7) is 0.456. The number of carbonyl (C=O) groups is 2. The summed E-state index contributed by atoms with van der Waals surface area (Å²) in [5.41, 5.74) is -1.31. The number of benzene rings is 1. The second kappa shape index (κ2) is 6.78.